The summed E-state index contributed by atoms with van der Waals surface area (Å²) in [5, 5.41) is 29.6. The zero-order chi connectivity index (χ0) is 37.2. The van der Waals surface area contributed by atoms with Crippen molar-refractivity contribution in [1.29, 1.82) is 0 Å². The predicted octanol–water partition coefficient (Wildman–Crippen LogP) is 5.55. The average molecular weight is 731 g/mol. The Balaban J connectivity index is 1.20. The Kier molecular flexibility index (Phi) is 8.88. The third-order valence-electron chi connectivity index (χ3n) is 10.9. The van der Waals surface area contributed by atoms with Gasteiger partial charge in [0.05, 0.1) is 35.3 Å². The van der Waals surface area contributed by atoms with Crippen LogP contribution in [0.5, 0.6) is 11.8 Å². The Morgan fingerprint density at radius 2 is 1.98 bits per heavy atom. The summed E-state index contributed by atoms with van der Waals surface area (Å²) < 4.78 is 54.4. The molecule has 3 aromatic heterocycles. The van der Waals surface area contributed by atoms with Crippen molar-refractivity contribution in [3.05, 3.63) is 65.1 Å². The van der Waals surface area contributed by atoms with E-state index >= 15 is 8.78 Å². The van der Waals surface area contributed by atoms with Gasteiger partial charge < -0.3 is 25.2 Å². The maximum Gasteiger partial charge on any atom is 0.319 e. The van der Waals surface area contributed by atoms with Gasteiger partial charge in [0.2, 0.25) is 0 Å². The van der Waals surface area contributed by atoms with Crippen molar-refractivity contribution >= 4 is 33.4 Å². The zero-order valence-corrected chi connectivity index (χ0v) is 29.7. The molecule has 278 valence electrons. The number of hydrogen-bond acceptors (Lipinski definition) is 10. The number of fused-ring (bicyclic) bond motifs is 3. The van der Waals surface area contributed by atoms with E-state index in [1.807, 2.05) is 0 Å². The predicted molar refractivity (Wildman–Crippen MR) is 192 cm³/mol. The highest BCUT2D eigenvalue weighted by Gasteiger charge is 2.49. The summed E-state index contributed by atoms with van der Waals surface area (Å²) in [6.45, 7) is 3.10. The van der Waals surface area contributed by atoms with Crippen LogP contribution in [0.3, 0.4) is 0 Å². The summed E-state index contributed by atoms with van der Waals surface area (Å²) in [7, 11) is 3.31. The number of carbonyl (C=O) groups is 1. The summed E-state index contributed by atoms with van der Waals surface area (Å²) in [4.78, 5) is 30.2. The molecule has 5 aromatic rings. The summed E-state index contributed by atoms with van der Waals surface area (Å²) >= 11 is 0. The van der Waals surface area contributed by atoms with E-state index < -0.39 is 29.4 Å². The number of amides is 1. The van der Waals surface area contributed by atoms with Gasteiger partial charge in [-0.1, -0.05) is 13.0 Å². The first-order valence-electron chi connectivity index (χ1n) is 18.0. The Labute approximate surface area is 303 Å². The maximum atomic E-state index is 16.9. The van der Waals surface area contributed by atoms with E-state index in [0.717, 1.165) is 19.4 Å². The number of phenols is 1. The lowest BCUT2D eigenvalue weighted by Gasteiger charge is -2.32. The topological polar surface area (TPSA) is 142 Å². The Morgan fingerprint density at radius 1 is 1.17 bits per heavy atom. The van der Waals surface area contributed by atoms with Crippen LogP contribution in [0.1, 0.15) is 66.8 Å². The second-order valence-corrected chi connectivity index (χ2v) is 14.7. The van der Waals surface area contributed by atoms with E-state index in [-0.39, 0.29) is 64.8 Å². The molecule has 3 aliphatic rings. The van der Waals surface area contributed by atoms with Crippen LogP contribution < -0.4 is 10.1 Å². The van der Waals surface area contributed by atoms with Crippen LogP contribution in [0.4, 0.5) is 19.0 Å². The number of carbonyl (C=O) groups excluding carboxylic acids is 1. The molecule has 15 heteroatoms. The van der Waals surface area contributed by atoms with E-state index in [1.165, 1.54) is 35.4 Å². The van der Waals surface area contributed by atoms with Gasteiger partial charge in [0.15, 0.2) is 5.82 Å². The minimum absolute atomic E-state index is 0.0858. The third-order valence-corrected chi connectivity index (χ3v) is 10.9. The molecular weight excluding hydrogens is 689 g/mol. The van der Waals surface area contributed by atoms with Crippen LogP contribution in [0, 0.1) is 11.6 Å². The fraction of sp³-hybridized carbons (Fsp3) is 0.447. The number of aromatic nitrogens is 5. The number of nitrogens with zero attached hydrogens (tertiary/aromatic N) is 7. The van der Waals surface area contributed by atoms with E-state index in [9.17, 15) is 19.4 Å². The van der Waals surface area contributed by atoms with Gasteiger partial charge in [0.25, 0.3) is 5.91 Å². The van der Waals surface area contributed by atoms with Gasteiger partial charge in [-0.3, -0.25) is 19.4 Å². The molecule has 0 bridgehead atoms. The van der Waals surface area contributed by atoms with Gasteiger partial charge in [0.1, 0.15) is 47.1 Å². The van der Waals surface area contributed by atoms with Gasteiger partial charge in [-0.05, 0) is 79.3 Å². The lowest BCUT2D eigenvalue weighted by atomic mass is 9.89. The van der Waals surface area contributed by atoms with Gasteiger partial charge in [-0.25, -0.2) is 13.2 Å². The molecule has 2 atom stereocenters. The molecule has 53 heavy (non-hydrogen) atoms. The molecule has 3 N–H and O–H groups in total. The zero-order valence-electron chi connectivity index (χ0n) is 29.7. The highest BCUT2D eigenvalue weighted by molar-refractivity contribution is 6.01. The molecule has 0 radical (unpaired) electrons. The molecule has 1 saturated carbocycles. The number of phenolic OH excluding ortho intramolecular Hbond substituents is 1. The maximum absolute atomic E-state index is 16.9. The summed E-state index contributed by atoms with van der Waals surface area (Å²) in [6.07, 6.45) is 3.27. The first-order valence-corrected chi connectivity index (χ1v) is 18.0. The average Bonchev–Trinajstić information content (AvgIpc) is 3.80. The summed E-state index contributed by atoms with van der Waals surface area (Å²) in [6, 6.07) is 7.14. The number of alkyl halides is 1. The van der Waals surface area contributed by atoms with Crippen molar-refractivity contribution in [1.82, 2.24) is 34.5 Å². The Morgan fingerprint density at radius 3 is 2.74 bits per heavy atom. The number of pyridine rings is 1. The molecule has 2 aromatic carbocycles. The highest BCUT2D eigenvalue weighted by Crippen LogP contribution is 2.42. The number of benzene rings is 2. The van der Waals surface area contributed by atoms with E-state index in [2.05, 4.69) is 30.3 Å². The SMILES string of the molecule is CCc1c(F)ccc2cc(O)cc(-c3ncc4c(NCc5cc(C(=O)N(C)C)n([C@H]6C[C@@H](O)C6)n5)nc(OC[C@@]56CCCN5C[C@H](F)C6)nc4c3F)c12. The van der Waals surface area contributed by atoms with E-state index in [4.69, 9.17) is 4.74 Å². The quantitative estimate of drug-likeness (QED) is 0.168. The number of rotatable bonds is 10. The molecule has 12 nitrogen and oxygen atoms in total. The Bertz CT molecular complexity index is 2240. The fourth-order valence-electron chi connectivity index (χ4n) is 8.24. The molecule has 2 aliphatic heterocycles. The van der Waals surface area contributed by atoms with Crippen molar-refractivity contribution in [3.63, 3.8) is 0 Å². The van der Waals surface area contributed by atoms with Crippen LogP contribution in [-0.4, -0.2) is 102 Å². The lowest BCUT2D eigenvalue weighted by molar-refractivity contribution is 0.0405. The second kappa shape index (κ2) is 13.4. The van der Waals surface area contributed by atoms with Crippen LogP contribution in [-0.2, 0) is 13.0 Å². The number of hydrogen-bond donors (Lipinski definition) is 3. The molecular formula is C38H41F3N8O4. The molecule has 5 heterocycles. The second-order valence-electron chi connectivity index (χ2n) is 14.7. The molecule has 0 unspecified atom stereocenters. The molecule has 3 fully saturated rings. The van der Waals surface area contributed by atoms with Crippen LogP contribution in [0.25, 0.3) is 32.9 Å². The van der Waals surface area contributed by atoms with Gasteiger partial charge >= 0.3 is 6.01 Å². The molecule has 1 aliphatic carbocycles. The largest absolute Gasteiger partial charge is 0.508 e. The minimum atomic E-state index is -0.970. The number of ether oxygens (including phenoxy) is 1. The number of halogens is 3. The standard InChI is InChI=1S/C38H41F3N8O4/c1-4-26-29(40)7-6-20-10-24(50)14-27(31(20)26)33-32(41)34-28(17-42-33)35(45-37(44-34)53-19-38-8-5-9-48(38)18-21(39)15-38)43-16-22-11-30(36(52)47(2)3)49(46-22)23-12-25(51)13-23/h6-7,10-11,14,17,21,23,25,50-51H,4-5,8-9,12-13,15-16,18-19H2,1-3H3,(H,43,44,45)/t21-,23-,25+,38+/m1/s1. The number of aryl methyl sites for hydroxylation is 1. The van der Waals surface area contributed by atoms with Crippen LogP contribution in [0.2, 0.25) is 0 Å². The summed E-state index contributed by atoms with van der Waals surface area (Å²) in [5.41, 5.74) is 0.681. The number of nitrogens with one attached hydrogen (secondary N) is 1. The molecule has 2 saturated heterocycles. The van der Waals surface area contributed by atoms with Gasteiger partial charge in [0, 0.05) is 38.8 Å². The fourth-order valence-corrected chi connectivity index (χ4v) is 8.24. The first kappa shape index (κ1) is 35.0. The Hall–Kier alpha value is -5.02. The van der Waals surface area contributed by atoms with Gasteiger partial charge in [-0.2, -0.15) is 15.1 Å². The van der Waals surface area contributed by atoms with E-state index in [0.29, 0.717) is 60.0 Å². The third kappa shape index (κ3) is 6.18. The van der Waals surface area contributed by atoms with E-state index in [1.54, 1.807) is 31.8 Å². The lowest BCUT2D eigenvalue weighted by Crippen LogP contribution is -2.43. The van der Waals surface area contributed by atoms with Crippen molar-refractivity contribution in [3.8, 4) is 23.0 Å². The number of aliphatic hydroxyl groups excluding tert-OH is 1. The normalized spacial score (nSPS) is 22.7. The highest BCUT2D eigenvalue weighted by atomic mass is 19.1. The van der Waals surface area contributed by atoms with Crippen LogP contribution in [0.15, 0.2) is 36.5 Å². The monoisotopic (exact) mass is 730 g/mol. The molecule has 0 spiro atoms. The molecule has 8 rings (SSSR count). The van der Waals surface area contributed by atoms with Gasteiger partial charge in [-0.15, -0.1) is 0 Å². The van der Waals surface area contributed by atoms with Crippen molar-refractivity contribution in [2.45, 2.75) is 75.8 Å². The smallest absolute Gasteiger partial charge is 0.319 e. The number of aromatic hydroxyl groups is 1. The van der Waals surface area contributed by atoms with Crippen molar-refractivity contribution in [2.75, 3.05) is 39.1 Å². The van der Waals surface area contributed by atoms with Crippen LogP contribution >= 0.6 is 0 Å². The first-order chi connectivity index (χ1) is 25.4. The minimum Gasteiger partial charge on any atom is -0.508 e. The van der Waals surface area contributed by atoms with Crippen molar-refractivity contribution < 1.29 is 32.9 Å². The van der Waals surface area contributed by atoms with Crippen molar-refractivity contribution in [2.24, 2.45) is 0 Å². The molecule has 1 amide bonds. The number of anilines is 1. The number of aliphatic hydroxyl groups is 1. The summed E-state index contributed by atoms with van der Waals surface area (Å²) in [5.74, 6) is -1.46.